The van der Waals surface area contributed by atoms with Gasteiger partial charge in [-0.25, -0.2) is 0 Å². The SMILES string of the molecule is CCc1ccc(C(=O)[C@H](C)OC(=O)CCCCC(N)=O)cc1. The second kappa shape index (κ2) is 8.97. The molecular weight excluding hydrogens is 282 g/mol. The molecule has 1 rings (SSSR count). The number of carbonyl (C=O) groups is 3. The second-order valence-corrected chi connectivity index (χ2v) is 5.22. The number of benzene rings is 1. The molecule has 0 aliphatic heterocycles. The Kier molecular flexibility index (Phi) is 7.29. The predicted octanol–water partition coefficient (Wildman–Crippen LogP) is 2.41. The third-order valence-electron chi connectivity index (χ3n) is 3.38. The van der Waals surface area contributed by atoms with Crippen LogP contribution in [-0.4, -0.2) is 23.8 Å². The number of primary amides is 1. The molecule has 0 radical (unpaired) electrons. The highest BCUT2D eigenvalue weighted by atomic mass is 16.5. The van der Waals surface area contributed by atoms with E-state index < -0.39 is 12.1 Å². The van der Waals surface area contributed by atoms with Gasteiger partial charge in [0.15, 0.2) is 6.10 Å². The summed E-state index contributed by atoms with van der Waals surface area (Å²) < 4.78 is 5.13. The van der Waals surface area contributed by atoms with Gasteiger partial charge in [-0.3, -0.25) is 14.4 Å². The number of nitrogens with two attached hydrogens (primary N) is 1. The summed E-state index contributed by atoms with van der Waals surface area (Å²) in [5.74, 6) is -1.03. The van der Waals surface area contributed by atoms with Crippen LogP contribution in [0.4, 0.5) is 0 Å². The van der Waals surface area contributed by atoms with Gasteiger partial charge in [0.1, 0.15) is 0 Å². The van der Waals surface area contributed by atoms with Crippen molar-refractivity contribution in [1.29, 1.82) is 0 Å². The number of ketones is 1. The largest absolute Gasteiger partial charge is 0.454 e. The number of carbonyl (C=O) groups excluding carboxylic acids is 3. The molecule has 1 amide bonds. The Hall–Kier alpha value is -2.17. The minimum Gasteiger partial charge on any atom is -0.454 e. The molecule has 0 unspecified atom stereocenters. The molecule has 0 aliphatic rings. The molecule has 0 spiro atoms. The fraction of sp³-hybridized carbons (Fsp3) is 0.471. The van der Waals surface area contributed by atoms with Crippen LogP contribution < -0.4 is 5.73 Å². The van der Waals surface area contributed by atoms with Gasteiger partial charge in [0, 0.05) is 18.4 Å². The Bertz CT molecular complexity index is 522. The van der Waals surface area contributed by atoms with Crippen molar-refractivity contribution in [1.82, 2.24) is 0 Å². The van der Waals surface area contributed by atoms with Gasteiger partial charge in [-0.2, -0.15) is 0 Å². The van der Waals surface area contributed by atoms with Gasteiger partial charge in [-0.1, -0.05) is 31.2 Å². The van der Waals surface area contributed by atoms with Crippen LogP contribution in [-0.2, 0) is 20.7 Å². The first-order valence-corrected chi connectivity index (χ1v) is 7.55. The normalized spacial score (nSPS) is 11.7. The van der Waals surface area contributed by atoms with Crippen molar-refractivity contribution < 1.29 is 19.1 Å². The smallest absolute Gasteiger partial charge is 0.306 e. The van der Waals surface area contributed by atoms with Crippen LogP contribution in [0.1, 0.15) is 55.5 Å². The molecule has 1 atom stereocenters. The molecule has 0 fully saturated rings. The van der Waals surface area contributed by atoms with E-state index in [2.05, 4.69) is 0 Å². The first-order valence-electron chi connectivity index (χ1n) is 7.55. The Labute approximate surface area is 130 Å². The predicted molar refractivity (Wildman–Crippen MR) is 83.4 cm³/mol. The van der Waals surface area contributed by atoms with E-state index in [1.165, 1.54) is 0 Å². The average Bonchev–Trinajstić information content (AvgIpc) is 2.50. The second-order valence-electron chi connectivity index (χ2n) is 5.22. The zero-order chi connectivity index (χ0) is 16.5. The molecule has 1 aromatic carbocycles. The first-order chi connectivity index (χ1) is 10.4. The zero-order valence-electron chi connectivity index (χ0n) is 13.1. The highest BCUT2D eigenvalue weighted by Gasteiger charge is 2.19. The summed E-state index contributed by atoms with van der Waals surface area (Å²) in [6.45, 7) is 3.61. The van der Waals surface area contributed by atoms with Crippen molar-refractivity contribution in [2.75, 3.05) is 0 Å². The fourth-order valence-corrected chi connectivity index (χ4v) is 2.02. The zero-order valence-corrected chi connectivity index (χ0v) is 13.1. The standard InChI is InChI=1S/C17H23NO4/c1-3-13-8-10-14(11-9-13)17(21)12(2)22-16(20)7-5-4-6-15(18)19/h8-12H,3-7H2,1-2H3,(H2,18,19)/t12-/m0/s1. The fourth-order valence-electron chi connectivity index (χ4n) is 2.02. The number of hydrogen-bond acceptors (Lipinski definition) is 4. The molecule has 5 heteroatoms. The van der Waals surface area contributed by atoms with Gasteiger partial charge >= 0.3 is 5.97 Å². The third kappa shape index (κ3) is 6.08. The average molecular weight is 305 g/mol. The molecule has 0 aromatic heterocycles. The van der Waals surface area contributed by atoms with E-state index in [1.54, 1.807) is 19.1 Å². The lowest BCUT2D eigenvalue weighted by Crippen LogP contribution is -2.24. The Morgan fingerprint density at radius 1 is 1.09 bits per heavy atom. The summed E-state index contributed by atoms with van der Waals surface area (Å²) in [6.07, 6.45) is 1.60. The number of hydrogen-bond donors (Lipinski definition) is 1. The topological polar surface area (TPSA) is 86.5 Å². The highest BCUT2D eigenvalue weighted by Crippen LogP contribution is 2.11. The van der Waals surface area contributed by atoms with E-state index in [9.17, 15) is 14.4 Å². The van der Waals surface area contributed by atoms with Crippen molar-refractivity contribution in [3.8, 4) is 0 Å². The minimum atomic E-state index is -0.809. The molecule has 1 aromatic rings. The van der Waals surface area contributed by atoms with Crippen LogP contribution in [0.5, 0.6) is 0 Å². The maximum atomic E-state index is 12.2. The maximum absolute atomic E-state index is 12.2. The summed E-state index contributed by atoms with van der Waals surface area (Å²) in [5, 5.41) is 0. The monoisotopic (exact) mass is 305 g/mol. The number of aryl methyl sites for hydroxylation is 1. The van der Waals surface area contributed by atoms with E-state index in [0.29, 0.717) is 18.4 Å². The van der Waals surface area contributed by atoms with Gasteiger partial charge in [0.05, 0.1) is 0 Å². The van der Waals surface area contributed by atoms with Crippen LogP contribution in [0.25, 0.3) is 0 Å². The van der Waals surface area contributed by atoms with Crippen molar-refractivity contribution >= 4 is 17.7 Å². The molecule has 0 saturated heterocycles. The molecule has 2 N–H and O–H groups in total. The molecule has 22 heavy (non-hydrogen) atoms. The Morgan fingerprint density at radius 3 is 2.23 bits per heavy atom. The van der Waals surface area contributed by atoms with Gasteiger partial charge in [0.2, 0.25) is 11.7 Å². The minimum absolute atomic E-state index is 0.180. The number of Topliss-reactive ketones (excluding diaryl/α,β-unsaturated/α-hetero) is 1. The van der Waals surface area contributed by atoms with Crippen LogP contribution in [0.3, 0.4) is 0 Å². The van der Waals surface area contributed by atoms with Gasteiger partial charge < -0.3 is 10.5 Å². The van der Waals surface area contributed by atoms with Crippen LogP contribution in [0.2, 0.25) is 0 Å². The van der Waals surface area contributed by atoms with Gasteiger partial charge in [-0.15, -0.1) is 0 Å². The van der Waals surface area contributed by atoms with E-state index in [4.69, 9.17) is 10.5 Å². The molecule has 0 aliphatic carbocycles. The summed E-state index contributed by atoms with van der Waals surface area (Å²) in [4.78, 5) is 34.4. The number of rotatable bonds is 9. The number of amides is 1. The van der Waals surface area contributed by atoms with Crippen molar-refractivity contribution in [3.63, 3.8) is 0 Å². The lowest BCUT2D eigenvalue weighted by Gasteiger charge is -2.12. The Balaban J connectivity index is 2.42. The number of ether oxygens (including phenoxy) is 1. The van der Waals surface area contributed by atoms with E-state index in [0.717, 1.165) is 12.0 Å². The first kappa shape index (κ1) is 17.9. The van der Waals surface area contributed by atoms with Crippen LogP contribution in [0.15, 0.2) is 24.3 Å². The highest BCUT2D eigenvalue weighted by molar-refractivity contribution is 6.00. The van der Waals surface area contributed by atoms with Crippen molar-refractivity contribution in [2.45, 2.75) is 52.1 Å². The molecule has 120 valence electrons. The molecule has 0 bridgehead atoms. The lowest BCUT2D eigenvalue weighted by atomic mass is 10.0. The Morgan fingerprint density at radius 2 is 1.68 bits per heavy atom. The van der Waals surface area contributed by atoms with E-state index in [-0.39, 0.29) is 24.5 Å². The molecular formula is C17H23NO4. The van der Waals surface area contributed by atoms with E-state index in [1.807, 2.05) is 19.1 Å². The summed E-state index contributed by atoms with van der Waals surface area (Å²) in [6, 6.07) is 7.29. The van der Waals surface area contributed by atoms with Crippen LogP contribution >= 0.6 is 0 Å². The number of unbranched alkanes of at least 4 members (excludes halogenated alkanes) is 1. The summed E-state index contributed by atoms with van der Waals surface area (Å²) >= 11 is 0. The van der Waals surface area contributed by atoms with Gasteiger partial charge in [0.25, 0.3) is 0 Å². The van der Waals surface area contributed by atoms with Gasteiger partial charge in [-0.05, 0) is 31.7 Å². The lowest BCUT2D eigenvalue weighted by molar-refractivity contribution is -0.146. The number of esters is 1. The quantitative estimate of drug-likeness (QED) is 0.431. The molecule has 0 saturated carbocycles. The molecule has 0 heterocycles. The molecule has 5 nitrogen and oxygen atoms in total. The maximum Gasteiger partial charge on any atom is 0.306 e. The van der Waals surface area contributed by atoms with Crippen molar-refractivity contribution in [3.05, 3.63) is 35.4 Å². The summed E-state index contributed by atoms with van der Waals surface area (Å²) in [5.41, 5.74) is 6.70. The van der Waals surface area contributed by atoms with Crippen molar-refractivity contribution in [2.24, 2.45) is 5.73 Å². The summed E-state index contributed by atoms with van der Waals surface area (Å²) in [7, 11) is 0. The third-order valence-corrected chi connectivity index (χ3v) is 3.38. The van der Waals surface area contributed by atoms with Crippen LogP contribution in [0, 0.1) is 0 Å². The van der Waals surface area contributed by atoms with E-state index >= 15 is 0 Å².